The highest BCUT2D eigenvalue weighted by Gasteiger charge is 2.21. The number of ether oxygens (including phenoxy) is 1. The molecule has 0 saturated heterocycles. The van der Waals surface area contributed by atoms with Gasteiger partial charge in [0.1, 0.15) is 16.8 Å². The van der Waals surface area contributed by atoms with E-state index in [-0.39, 0.29) is 4.88 Å². The molecule has 0 aliphatic carbocycles. The van der Waals surface area contributed by atoms with Crippen LogP contribution in [0.15, 0.2) is 48.5 Å². The number of nitrogens with zero attached hydrogens (tertiary/aromatic N) is 1. The number of carbonyl (C=O) groups is 2. The van der Waals surface area contributed by atoms with E-state index in [1.54, 1.807) is 36.4 Å². The molecule has 3 rings (SSSR count). The van der Waals surface area contributed by atoms with Crippen LogP contribution in [-0.2, 0) is 9.53 Å². The number of hydrogen-bond acceptors (Lipinski definition) is 5. The number of esters is 1. The first-order valence-electron chi connectivity index (χ1n) is 7.68. The van der Waals surface area contributed by atoms with Crippen LogP contribution in [0.5, 0.6) is 0 Å². The maximum absolute atomic E-state index is 13.7. The second kappa shape index (κ2) is 7.33. The van der Waals surface area contributed by atoms with Crippen molar-refractivity contribution < 1.29 is 18.7 Å². The van der Waals surface area contributed by atoms with Crippen LogP contribution in [0.4, 0.5) is 10.1 Å². The molecule has 0 fully saturated rings. The fourth-order valence-electron chi connectivity index (χ4n) is 2.32. The van der Waals surface area contributed by atoms with Gasteiger partial charge in [0.25, 0.3) is 5.91 Å². The van der Waals surface area contributed by atoms with Crippen LogP contribution in [0.3, 0.4) is 0 Å². The first-order valence-corrected chi connectivity index (χ1v) is 8.50. The fourth-order valence-corrected chi connectivity index (χ4v) is 3.28. The zero-order valence-electron chi connectivity index (χ0n) is 13.7. The summed E-state index contributed by atoms with van der Waals surface area (Å²) in [5, 5.41) is 11.9. The lowest BCUT2D eigenvalue weighted by Gasteiger charge is -2.13. The Balaban J connectivity index is 1.71. The quantitative estimate of drug-likeness (QED) is 0.703. The summed E-state index contributed by atoms with van der Waals surface area (Å²) in [5.41, 5.74) is 0.645. The molecule has 0 saturated carbocycles. The minimum absolute atomic E-state index is 0.210. The van der Waals surface area contributed by atoms with Gasteiger partial charge < -0.3 is 10.1 Å². The van der Waals surface area contributed by atoms with Gasteiger partial charge in [-0.25, -0.2) is 9.18 Å². The van der Waals surface area contributed by atoms with Crippen molar-refractivity contribution in [1.29, 1.82) is 5.26 Å². The van der Waals surface area contributed by atoms with Gasteiger partial charge in [-0.15, -0.1) is 11.3 Å². The van der Waals surface area contributed by atoms with E-state index in [9.17, 15) is 14.0 Å². The van der Waals surface area contributed by atoms with Crippen molar-refractivity contribution in [2.45, 2.75) is 13.0 Å². The van der Waals surface area contributed by atoms with E-state index in [2.05, 4.69) is 5.32 Å². The molecule has 1 N–H and O–H groups in total. The summed E-state index contributed by atoms with van der Waals surface area (Å²) >= 11 is 1.09. The summed E-state index contributed by atoms with van der Waals surface area (Å²) < 4.78 is 19.5. The average molecular weight is 368 g/mol. The second-order valence-electron chi connectivity index (χ2n) is 5.46. The van der Waals surface area contributed by atoms with Crippen LogP contribution in [0.25, 0.3) is 10.1 Å². The number of nitriles is 1. The number of thiophene rings is 1. The second-order valence-corrected chi connectivity index (χ2v) is 6.54. The van der Waals surface area contributed by atoms with Crippen molar-refractivity contribution in [3.05, 3.63) is 64.8 Å². The van der Waals surface area contributed by atoms with Gasteiger partial charge in [-0.1, -0.05) is 18.2 Å². The highest BCUT2D eigenvalue weighted by molar-refractivity contribution is 7.20. The van der Waals surface area contributed by atoms with Gasteiger partial charge in [-0.05, 0) is 37.3 Å². The van der Waals surface area contributed by atoms with Crippen molar-refractivity contribution in [3.63, 3.8) is 0 Å². The molecule has 7 heteroatoms. The number of halogens is 1. The van der Waals surface area contributed by atoms with E-state index in [1.807, 2.05) is 6.07 Å². The molecule has 1 heterocycles. The van der Waals surface area contributed by atoms with E-state index in [0.717, 1.165) is 11.3 Å². The maximum Gasteiger partial charge on any atom is 0.349 e. The minimum Gasteiger partial charge on any atom is -0.448 e. The third-order valence-corrected chi connectivity index (χ3v) is 4.75. The Bertz CT molecular complexity index is 1040. The standard InChI is InChI=1S/C19H13FN2O3S/c1-11(18(23)22-15-7-3-2-5-12(15)10-21)25-19(24)17-9-13-14(20)6-4-8-16(13)26-17/h2-9,11H,1H3,(H,22,23)/t11-/m1/s1. The molecule has 0 unspecified atom stereocenters. The Morgan fingerprint density at radius 1 is 1.23 bits per heavy atom. The predicted octanol–water partition coefficient (Wildman–Crippen LogP) is 4.10. The summed E-state index contributed by atoms with van der Waals surface area (Å²) in [4.78, 5) is 24.7. The number of benzene rings is 2. The summed E-state index contributed by atoms with van der Waals surface area (Å²) in [6, 6.07) is 14.5. The zero-order chi connectivity index (χ0) is 18.7. The molecule has 1 atom stereocenters. The summed E-state index contributed by atoms with van der Waals surface area (Å²) in [6.07, 6.45) is -1.08. The SMILES string of the molecule is C[C@@H](OC(=O)c1cc2c(F)cccc2s1)C(=O)Nc1ccccc1C#N. The molecule has 5 nitrogen and oxygen atoms in total. The molecule has 0 aliphatic heterocycles. The summed E-state index contributed by atoms with van der Waals surface area (Å²) in [7, 11) is 0. The third kappa shape index (κ3) is 3.55. The Labute approximate surface area is 152 Å². The highest BCUT2D eigenvalue weighted by Crippen LogP contribution is 2.28. The molecule has 3 aromatic rings. The topological polar surface area (TPSA) is 79.2 Å². The monoisotopic (exact) mass is 368 g/mol. The largest absolute Gasteiger partial charge is 0.448 e. The van der Waals surface area contributed by atoms with Gasteiger partial charge in [0.15, 0.2) is 6.10 Å². The van der Waals surface area contributed by atoms with Crippen molar-refractivity contribution in [3.8, 4) is 6.07 Å². The Morgan fingerprint density at radius 2 is 2.00 bits per heavy atom. The summed E-state index contributed by atoms with van der Waals surface area (Å²) in [5.74, 6) is -1.69. The first kappa shape index (κ1) is 17.6. The molecule has 2 aromatic carbocycles. The molecule has 0 bridgehead atoms. The van der Waals surface area contributed by atoms with Gasteiger partial charge in [0, 0.05) is 10.1 Å². The third-order valence-electron chi connectivity index (χ3n) is 3.67. The number of amides is 1. The Morgan fingerprint density at radius 3 is 2.73 bits per heavy atom. The molecule has 1 amide bonds. The van der Waals surface area contributed by atoms with Crippen LogP contribution in [0, 0.1) is 17.1 Å². The average Bonchev–Trinajstić information content (AvgIpc) is 3.08. The Kier molecular flexibility index (Phi) is 4.96. The van der Waals surface area contributed by atoms with E-state index in [4.69, 9.17) is 10.00 Å². The number of para-hydroxylation sites is 1. The van der Waals surface area contributed by atoms with Gasteiger partial charge in [-0.3, -0.25) is 4.79 Å². The number of carbonyl (C=O) groups excluding carboxylic acids is 2. The molecular formula is C19H13FN2O3S. The number of anilines is 1. The normalized spacial score (nSPS) is 11.6. The van der Waals surface area contributed by atoms with Crippen molar-refractivity contribution in [2.24, 2.45) is 0 Å². The van der Waals surface area contributed by atoms with Crippen molar-refractivity contribution in [2.75, 3.05) is 5.32 Å². The van der Waals surface area contributed by atoms with Crippen LogP contribution >= 0.6 is 11.3 Å². The number of rotatable bonds is 4. The zero-order valence-corrected chi connectivity index (χ0v) is 14.5. The lowest BCUT2D eigenvalue weighted by molar-refractivity contribution is -0.123. The van der Waals surface area contributed by atoms with Gasteiger partial charge in [0.05, 0.1) is 11.3 Å². The van der Waals surface area contributed by atoms with Gasteiger partial charge in [0.2, 0.25) is 0 Å². The van der Waals surface area contributed by atoms with Crippen LogP contribution < -0.4 is 5.32 Å². The smallest absolute Gasteiger partial charge is 0.349 e. The molecule has 26 heavy (non-hydrogen) atoms. The lowest BCUT2D eigenvalue weighted by atomic mass is 10.2. The number of hydrogen-bond donors (Lipinski definition) is 1. The molecular weight excluding hydrogens is 355 g/mol. The van der Waals surface area contributed by atoms with Crippen LogP contribution in [0.2, 0.25) is 0 Å². The maximum atomic E-state index is 13.7. The molecule has 1 aromatic heterocycles. The predicted molar refractivity (Wildman–Crippen MR) is 96.4 cm³/mol. The molecule has 0 aliphatic rings. The first-order chi connectivity index (χ1) is 12.5. The summed E-state index contributed by atoms with van der Waals surface area (Å²) in [6.45, 7) is 1.43. The number of fused-ring (bicyclic) bond motifs is 1. The fraction of sp³-hybridized carbons (Fsp3) is 0.105. The Hall–Kier alpha value is -3.24. The molecule has 130 valence electrons. The highest BCUT2D eigenvalue weighted by atomic mass is 32.1. The number of nitrogens with one attached hydrogen (secondary N) is 1. The molecule has 0 spiro atoms. The molecule has 0 radical (unpaired) electrons. The minimum atomic E-state index is -1.08. The van der Waals surface area contributed by atoms with Crippen molar-refractivity contribution in [1.82, 2.24) is 0 Å². The van der Waals surface area contributed by atoms with Crippen molar-refractivity contribution >= 4 is 39.0 Å². The van der Waals surface area contributed by atoms with Crippen LogP contribution in [0.1, 0.15) is 22.2 Å². The van der Waals surface area contributed by atoms with Crippen LogP contribution in [-0.4, -0.2) is 18.0 Å². The van der Waals surface area contributed by atoms with E-state index in [1.165, 1.54) is 19.1 Å². The van der Waals surface area contributed by atoms with E-state index >= 15 is 0 Å². The lowest BCUT2D eigenvalue weighted by Crippen LogP contribution is -2.30. The van der Waals surface area contributed by atoms with E-state index < -0.39 is 23.8 Å². The van der Waals surface area contributed by atoms with Gasteiger partial charge in [-0.2, -0.15) is 5.26 Å². The van der Waals surface area contributed by atoms with E-state index in [0.29, 0.717) is 21.3 Å². The van der Waals surface area contributed by atoms with Gasteiger partial charge >= 0.3 is 5.97 Å².